The molecule has 4 aromatic heterocycles. The summed E-state index contributed by atoms with van der Waals surface area (Å²) in [6.45, 7) is 0.275. The van der Waals surface area contributed by atoms with Crippen molar-refractivity contribution in [2.24, 2.45) is 0 Å². The van der Waals surface area contributed by atoms with Gasteiger partial charge in [0.1, 0.15) is 24.7 Å². The van der Waals surface area contributed by atoms with Gasteiger partial charge < -0.3 is 19.7 Å². The predicted octanol–water partition coefficient (Wildman–Crippen LogP) is 9.88. The molecule has 11 nitrogen and oxygen atoms in total. The van der Waals surface area contributed by atoms with Crippen molar-refractivity contribution >= 4 is 79.2 Å². The molecule has 0 saturated heterocycles. The minimum absolute atomic E-state index is 0.0165. The number of aliphatic hydroxyl groups excluding tert-OH is 2. The van der Waals surface area contributed by atoms with Crippen molar-refractivity contribution in [3.05, 3.63) is 96.5 Å². The number of aliphatic hydroxyl groups is 2. The highest BCUT2D eigenvalue weighted by Gasteiger charge is 2.34. The Morgan fingerprint density at radius 1 is 0.736 bits per heavy atom. The summed E-state index contributed by atoms with van der Waals surface area (Å²) in [4.78, 5) is 1.33. The lowest BCUT2D eigenvalue weighted by Crippen LogP contribution is -2.08. The van der Waals surface area contributed by atoms with E-state index < -0.39 is 22.3 Å². The Morgan fingerprint density at radius 3 is 1.79 bits per heavy atom. The summed E-state index contributed by atoms with van der Waals surface area (Å²) < 4.78 is 48.6. The molecule has 2 aliphatic rings. The van der Waals surface area contributed by atoms with Crippen LogP contribution in [0.1, 0.15) is 66.8 Å². The number of hydrogen-bond acceptors (Lipinski definition) is 10. The number of rotatable bonds is 11. The molecule has 0 saturated carbocycles. The fourth-order valence-electron chi connectivity index (χ4n) is 6.64. The average molecular weight is 855 g/mol. The normalized spacial score (nSPS) is 14.5. The molecule has 0 bridgehead atoms. The number of fused-ring (bicyclic) bond motifs is 6. The molecule has 53 heavy (non-hydrogen) atoms. The van der Waals surface area contributed by atoms with Crippen molar-refractivity contribution in [2.75, 3.05) is 0 Å². The first-order chi connectivity index (χ1) is 25.4. The highest BCUT2D eigenvalue weighted by atomic mass is 35.5. The van der Waals surface area contributed by atoms with Gasteiger partial charge in [0.05, 0.1) is 66.2 Å². The Balaban J connectivity index is 0.995. The van der Waals surface area contributed by atoms with Gasteiger partial charge in [-0.25, -0.2) is 9.36 Å². The topological polar surface area (TPSA) is 149 Å². The SMILES string of the molecule is O=S(=O)(O)c1cc2c(s1)-c1c(c(C(O)CCCCCC(O)c3nn(-c4ccc(Cl)cc4Cl)c4c3COc3ccsc3-4)nn1-c1ccc(Cl)cc1Cl)CO2. The number of aromatic nitrogens is 4. The molecule has 0 amide bonds. The van der Waals surface area contributed by atoms with Crippen LogP contribution in [-0.4, -0.2) is 42.7 Å². The number of nitrogens with zero attached hydrogens (tertiary/aromatic N) is 4. The van der Waals surface area contributed by atoms with Crippen molar-refractivity contribution < 1.29 is 32.7 Å². The van der Waals surface area contributed by atoms with Gasteiger partial charge in [0.25, 0.3) is 0 Å². The van der Waals surface area contributed by atoms with E-state index in [2.05, 4.69) is 0 Å². The summed E-state index contributed by atoms with van der Waals surface area (Å²) in [6, 6.07) is 13.3. The standard InChI is InChI=1S/C35H28Cl4N4O7S3/c36-17-6-8-23(21(38)12-17)42-32-19(15-49-27-10-11-51-34(27)32)30(40-42)25(44)4-2-1-3-5-26(45)31-20-16-50-28-14-29(53(46,47)48)52-35(28)33(20)43(41-31)24-9-7-18(37)13-22(24)39/h6-14,25-26,44-45H,1-5,15-16H2,(H,46,47,48). The van der Waals surface area contributed by atoms with Crippen LogP contribution in [-0.2, 0) is 23.3 Å². The van der Waals surface area contributed by atoms with E-state index in [4.69, 9.17) is 66.1 Å². The first-order valence-electron chi connectivity index (χ1n) is 16.3. The van der Waals surface area contributed by atoms with Crippen molar-refractivity contribution in [3.8, 4) is 44.0 Å². The predicted molar refractivity (Wildman–Crippen MR) is 205 cm³/mol. The minimum atomic E-state index is -4.49. The monoisotopic (exact) mass is 852 g/mol. The van der Waals surface area contributed by atoms with E-state index in [1.807, 2.05) is 11.4 Å². The van der Waals surface area contributed by atoms with Gasteiger partial charge in [0, 0.05) is 27.2 Å². The maximum Gasteiger partial charge on any atom is 0.304 e. The molecular weight excluding hydrogens is 826 g/mol. The van der Waals surface area contributed by atoms with Gasteiger partial charge in [-0.15, -0.1) is 22.7 Å². The van der Waals surface area contributed by atoms with Crippen molar-refractivity contribution in [3.63, 3.8) is 0 Å². The second-order valence-electron chi connectivity index (χ2n) is 12.5. The number of hydrogen-bond donors (Lipinski definition) is 3. The zero-order chi connectivity index (χ0) is 37.2. The highest BCUT2D eigenvalue weighted by Crippen LogP contribution is 2.49. The van der Waals surface area contributed by atoms with E-state index >= 15 is 0 Å². The van der Waals surface area contributed by atoms with Gasteiger partial charge in [0.2, 0.25) is 0 Å². The molecule has 0 fully saturated rings. The van der Waals surface area contributed by atoms with Gasteiger partial charge in [-0.3, -0.25) is 4.55 Å². The Labute approximate surface area is 331 Å². The zero-order valence-electron chi connectivity index (χ0n) is 27.3. The summed E-state index contributed by atoms with van der Waals surface area (Å²) in [7, 11) is -4.49. The molecular formula is C35H28Cl4N4O7S3. The molecule has 2 atom stereocenters. The van der Waals surface area contributed by atoms with Crippen LogP contribution in [0.3, 0.4) is 0 Å². The van der Waals surface area contributed by atoms with Gasteiger partial charge in [0.15, 0.2) is 4.21 Å². The molecule has 3 N–H and O–H groups in total. The highest BCUT2D eigenvalue weighted by molar-refractivity contribution is 7.88. The fraction of sp³-hybridized carbons (Fsp3) is 0.257. The molecule has 6 heterocycles. The molecule has 0 spiro atoms. The van der Waals surface area contributed by atoms with E-state index in [1.165, 1.54) is 17.4 Å². The number of thiophene rings is 2. The van der Waals surface area contributed by atoms with Gasteiger partial charge in [-0.05, 0) is 60.7 Å². The van der Waals surface area contributed by atoms with E-state index in [0.717, 1.165) is 33.2 Å². The molecule has 2 unspecified atom stereocenters. The second-order valence-corrected chi connectivity index (χ2v) is 17.8. The molecule has 2 aliphatic heterocycles. The third kappa shape index (κ3) is 6.88. The van der Waals surface area contributed by atoms with Crippen LogP contribution in [0.5, 0.6) is 11.5 Å². The number of ether oxygens (including phenoxy) is 2. The maximum atomic E-state index is 12.0. The van der Waals surface area contributed by atoms with Crippen LogP contribution in [0.4, 0.5) is 0 Å². The lowest BCUT2D eigenvalue weighted by molar-refractivity contribution is 0.146. The quantitative estimate of drug-likeness (QED) is 0.0856. The Bertz CT molecular complexity index is 2490. The largest absolute Gasteiger partial charge is 0.487 e. The van der Waals surface area contributed by atoms with E-state index in [9.17, 15) is 23.2 Å². The Kier molecular flexibility index (Phi) is 10.1. The van der Waals surface area contributed by atoms with Crippen LogP contribution >= 0.6 is 69.1 Å². The third-order valence-electron chi connectivity index (χ3n) is 9.12. The van der Waals surface area contributed by atoms with Crippen LogP contribution in [0.25, 0.3) is 32.5 Å². The minimum Gasteiger partial charge on any atom is -0.487 e. The van der Waals surface area contributed by atoms with Crippen molar-refractivity contribution in [2.45, 2.75) is 61.7 Å². The van der Waals surface area contributed by atoms with Crippen LogP contribution < -0.4 is 9.47 Å². The van der Waals surface area contributed by atoms with Crippen LogP contribution in [0.2, 0.25) is 20.1 Å². The van der Waals surface area contributed by atoms with E-state index in [1.54, 1.807) is 45.8 Å². The molecule has 0 radical (unpaired) electrons. The molecule has 18 heteroatoms. The first-order valence-corrected chi connectivity index (χ1v) is 21.0. The lowest BCUT2D eigenvalue weighted by atomic mass is 9.99. The second kappa shape index (κ2) is 14.5. The summed E-state index contributed by atoms with van der Waals surface area (Å²) in [5, 5.41) is 36.1. The molecule has 2 aromatic carbocycles. The van der Waals surface area contributed by atoms with Gasteiger partial charge in [-0.2, -0.15) is 18.6 Å². The Hall–Kier alpha value is -3.15. The molecule has 8 rings (SSSR count). The number of unbranched alkanes of at least 4 members (excludes halogenated alkanes) is 2. The maximum absolute atomic E-state index is 12.0. The number of benzene rings is 2. The van der Waals surface area contributed by atoms with Crippen LogP contribution in [0, 0.1) is 0 Å². The summed E-state index contributed by atoms with van der Waals surface area (Å²) in [6.07, 6.45) is 0.879. The lowest BCUT2D eigenvalue weighted by Gasteiger charge is -2.18. The Morgan fingerprint density at radius 2 is 1.26 bits per heavy atom. The fourth-order valence-corrected chi connectivity index (χ4v) is 10.3. The van der Waals surface area contributed by atoms with Crippen molar-refractivity contribution in [1.82, 2.24) is 19.6 Å². The number of halogens is 4. The summed E-state index contributed by atoms with van der Waals surface area (Å²) >= 11 is 27.9. The van der Waals surface area contributed by atoms with Crippen molar-refractivity contribution in [1.29, 1.82) is 0 Å². The summed E-state index contributed by atoms with van der Waals surface area (Å²) in [5.74, 6) is 1.02. The molecule has 6 aromatic rings. The smallest absolute Gasteiger partial charge is 0.304 e. The zero-order valence-corrected chi connectivity index (χ0v) is 32.8. The van der Waals surface area contributed by atoms with Gasteiger partial charge >= 0.3 is 10.1 Å². The molecule has 0 aliphatic carbocycles. The van der Waals surface area contributed by atoms with Crippen LogP contribution in [0.15, 0.2) is 58.1 Å². The van der Waals surface area contributed by atoms with Gasteiger partial charge in [-0.1, -0.05) is 65.7 Å². The third-order valence-corrected chi connectivity index (χ3v) is 13.5. The first kappa shape index (κ1) is 36.8. The van der Waals surface area contributed by atoms with E-state index in [0.29, 0.717) is 91.1 Å². The molecule has 276 valence electrons. The summed E-state index contributed by atoms with van der Waals surface area (Å²) in [5.41, 5.74) is 4.72. The average Bonchev–Trinajstić information content (AvgIpc) is 3.91. The van der Waals surface area contributed by atoms with E-state index in [-0.39, 0.29) is 23.2 Å².